The zero-order chi connectivity index (χ0) is 15.2. The number of hydrogen-bond donors (Lipinski definition) is 0. The maximum atomic E-state index is 12.7. The molecular weight excluding hydrogens is 296 g/mol. The Morgan fingerprint density at radius 3 is 2.95 bits per heavy atom. The summed E-state index contributed by atoms with van der Waals surface area (Å²) in [5, 5.41) is 3.87. The summed E-state index contributed by atoms with van der Waals surface area (Å²) >= 11 is 1.56. The molecule has 3 heterocycles. The van der Waals surface area contributed by atoms with Gasteiger partial charge < -0.3 is 9.80 Å². The van der Waals surface area contributed by atoms with Crippen molar-refractivity contribution in [1.82, 2.24) is 9.80 Å². The van der Waals surface area contributed by atoms with Gasteiger partial charge in [0.15, 0.2) is 0 Å². The molecule has 2 saturated heterocycles. The minimum atomic E-state index is -0.0798. The number of amides is 2. The molecule has 1 aliphatic carbocycles. The van der Waals surface area contributed by atoms with E-state index in [9.17, 15) is 9.59 Å². The van der Waals surface area contributed by atoms with Crippen molar-refractivity contribution in [3.63, 3.8) is 0 Å². The summed E-state index contributed by atoms with van der Waals surface area (Å²) < 4.78 is 0. The standard InChI is InChI=1S/C17H22N2O2S/c20-15-4-7-17(19(15)10-13-2-3-13)6-1-8-18(12-17)16(21)14-5-9-22-11-14/h5,9,11,13H,1-4,6-8,10,12H2/t17-/m1/s1. The fraction of sp³-hybridized carbons (Fsp3) is 0.647. The van der Waals surface area contributed by atoms with Gasteiger partial charge in [-0.05, 0) is 49.5 Å². The van der Waals surface area contributed by atoms with E-state index in [0.717, 1.165) is 44.5 Å². The molecule has 2 amide bonds. The molecule has 22 heavy (non-hydrogen) atoms. The van der Waals surface area contributed by atoms with Crippen LogP contribution in [0.4, 0.5) is 0 Å². The highest BCUT2D eigenvalue weighted by atomic mass is 32.1. The summed E-state index contributed by atoms with van der Waals surface area (Å²) in [7, 11) is 0. The van der Waals surface area contributed by atoms with E-state index in [1.54, 1.807) is 11.3 Å². The van der Waals surface area contributed by atoms with Crippen LogP contribution in [-0.4, -0.2) is 46.8 Å². The number of carbonyl (C=O) groups excluding carboxylic acids is 2. The molecule has 1 saturated carbocycles. The van der Waals surface area contributed by atoms with Crippen molar-refractivity contribution in [1.29, 1.82) is 0 Å². The van der Waals surface area contributed by atoms with Gasteiger partial charge >= 0.3 is 0 Å². The Hall–Kier alpha value is -1.36. The molecule has 118 valence electrons. The second-order valence-corrected chi connectivity index (χ2v) is 7.79. The van der Waals surface area contributed by atoms with Crippen molar-refractivity contribution in [3.05, 3.63) is 22.4 Å². The fourth-order valence-corrected chi connectivity index (χ4v) is 4.64. The van der Waals surface area contributed by atoms with E-state index in [4.69, 9.17) is 0 Å². The number of hydrogen-bond acceptors (Lipinski definition) is 3. The predicted octanol–water partition coefficient (Wildman–Crippen LogP) is 2.76. The molecule has 4 nitrogen and oxygen atoms in total. The van der Waals surface area contributed by atoms with Crippen LogP contribution >= 0.6 is 11.3 Å². The van der Waals surface area contributed by atoms with Gasteiger partial charge in [0, 0.05) is 31.4 Å². The summed E-state index contributed by atoms with van der Waals surface area (Å²) in [6.45, 7) is 2.46. The Kier molecular flexibility index (Phi) is 3.48. The summed E-state index contributed by atoms with van der Waals surface area (Å²) in [6, 6.07) is 1.90. The minimum absolute atomic E-state index is 0.0798. The molecule has 0 N–H and O–H groups in total. The lowest BCUT2D eigenvalue weighted by Crippen LogP contribution is -2.58. The van der Waals surface area contributed by atoms with Gasteiger partial charge in [0.25, 0.3) is 5.91 Å². The number of rotatable bonds is 3. The van der Waals surface area contributed by atoms with E-state index >= 15 is 0 Å². The van der Waals surface area contributed by atoms with Crippen LogP contribution in [0.25, 0.3) is 0 Å². The summed E-state index contributed by atoms with van der Waals surface area (Å²) in [6.07, 6.45) is 6.16. The van der Waals surface area contributed by atoms with Crippen molar-refractivity contribution < 1.29 is 9.59 Å². The zero-order valence-corrected chi connectivity index (χ0v) is 13.6. The molecule has 0 aromatic carbocycles. The van der Waals surface area contributed by atoms with Gasteiger partial charge in [0.1, 0.15) is 0 Å². The Balaban J connectivity index is 1.53. The van der Waals surface area contributed by atoms with Crippen LogP contribution in [0, 0.1) is 5.92 Å². The van der Waals surface area contributed by atoms with E-state index in [2.05, 4.69) is 4.90 Å². The molecule has 0 radical (unpaired) electrons. The molecule has 1 aromatic heterocycles. The van der Waals surface area contributed by atoms with Gasteiger partial charge in [-0.15, -0.1) is 0 Å². The number of piperidine rings is 1. The number of carbonyl (C=O) groups is 2. The van der Waals surface area contributed by atoms with E-state index in [-0.39, 0.29) is 11.4 Å². The van der Waals surface area contributed by atoms with Gasteiger partial charge in [-0.25, -0.2) is 0 Å². The van der Waals surface area contributed by atoms with Gasteiger partial charge in [-0.1, -0.05) is 0 Å². The van der Waals surface area contributed by atoms with Gasteiger partial charge in [0.05, 0.1) is 11.1 Å². The Bertz CT molecular complexity index is 581. The van der Waals surface area contributed by atoms with Crippen molar-refractivity contribution in [2.24, 2.45) is 5.92 Å². The molecule has 2 aliphatic heterocycles. The molecule has 3 aliphatic rings. The monoisotopic (exact) mass is 318 g/mol. The van der Waals surface area contributed by atoms with Crippen LogP contribution in [0.15, 0.2) is 16.8 Å². The average Bonchev–Trinajstić information content (AvgIpc) is 3.10. The van der Waals surface area contributed by atoms with Gasteiger partial charge in [0.2, 0.25) is 5.91 Å². The lowest BCUT2D eigenvalue weighted by Gasteiger charge is -2.46. The van der Waals surface area contributed by atoms with Crippen molar-refractivity contribution in [2.75, 3.05) is 19.6 Å². The van der Waals surface area contributed by atoms with Crippen LogP contribution in [0.1, 0.15) is 48.9 Å². The lowest BCUT2D eigenvalue weighted by atomic mass is 9.86. The van der Waals surface area contributed by atoms with Crippen LogP contribution in [0.2, 0.25) is 0 Å². The van der Waals surface area contributed by atoms with Crippen LogP contribution in [0.5, 0.6) is 0 Å². The van der Waals surface area contributed by atoms with Crippen molar-refractivity contribution in [2.45, 2.75) is 44.1 Å². The lowest BCUT2D eigenvalue weighted by molar-refractivity contribution is -0.132. The smallest absolute Gasteiger partial charge is 0.254 e. The Labute approximate surface area is 135 Å². The molecule has 1 spiro atoms. The molecular formula is C17H22N2O2S. The van der Waals surface area contributed by atoms with Crippen LogP contribution in [-0.2, 0) is 4.79 Å². The van der Waals surface area contributed by atoms with Crippen LogP contribution in [0.3, 0.4) is 0 Å². The minimum Gasteiger partial charge on any atom is -0.336 e. The predicted molar refractivity (Wildman–Crippen MR) is 85.9 cm³/mol. The van der Waals surface area contributed by atoms with E-state index in [0.29, 0.717) is 18.2 Å². The number of thiophene rings is 1. The first-order valence-electron chi connectivity index (χ1n) is 8.30. The quantitative estimate of drug-likeness (QED) is 0.860. The molecule has 1 atom stereocenters. The van der Waals surface area contributed by atoms with Gasteiger partial charge in [-0.2, -0.15) is 11.3 Å². The normalized spacial score (nSPS) is 28.6. The first-order valence-corrected chi connectivity index (χ1v) is 9.24. The summed E-state index contributed by atoms with van der Waals surface area (Å²) in [5.41, 5.74) is 0.712. The number of nitrogens with zero attached hydrogens (tertiary/aromatic N) is 2. The van der Waals surface area contributed by atoms with Crippen LogP contribution < -0.4 is 0 Å². The van der Waals surface area contributed by atoms with E-state index in [1.165, 1.54) is 12.8 Å². The molecule has 1 aromatic rings. The maximum absolute atomic E-state index is 12.7. The largest absolute Gasteiger partial charge is 0.336 e. The highest BCUT2D eigenvalue weighted by molar-refractivity contribution is 7.08. The SMILES string of the molecule is O=C(c1ccsc1)N1CCC[C@@]2(CCC(=O)N2CC2CC2)C1. The first-order chi connectivity index (χ1) is 10.7. The maximum Gasteiger partial charge on any atom is 0.254 e. The average molecular weight is 318 g/mol. The fourth-order valence-electron chi connectivity index (χ4n) is 4.01. The van der Waals surface area contributed by atoms with Gasteiger partial charge in [-0.3, -0.25) is 9.59 Å². The number of likely N-dealkylation sites (tertiary alicyclic amines) is 2. The molecule has 0 bridgehead atoms. The molecule has 4 rings (SSSR count). The molecule has 0 unspecified atom stereocenters. The Morgan fingerprint density at radius 1 is 1.36 bits per heavy atom. The first kappa shape index (κ1) is 14.2. The second-order valence-electron chi connectivity index (χ2n) is 7.01. The Morgan fingerprint density at radius 2 is 2.23 bits per heavy atom. The summed E-state index contributed by atoms with van der Waals surface area (Å²) in [5.74, 6) is 1.14. The third kappa shape index (κ3) is 2.45. The second kappa shape index (κ2) is 5.37. The third-order valence-electron chi connectivity index (χ3n) is 5.43. The third-order valence-corrected chi connectivity index (χ3v) is 6.11. The molecule has 5 heteroatoms. The van der Waals surface area contributed by atoms with E-state index < -0.39 is 0 Å². The van der Waals surface area contributed by atoms with E-state index in [1.807, 2.05) is 21.7 Å². The topological polar surface area (TPSA) is 40.6 Å². The van der Waals surface area contributed by atoms with Crippen molar-refractivity contribution >= 4 is 23.2 Å². The summed E-state index contributed by atoms with van der Waals surface area (Å²) in [4.78, 5) is 29.1. The highest BCUT2D eigenvalue weighted by Crippen LogP contribution is 2.41. The van der Waals surface area contributed by atoms with Crippen molar-refractivity contribution in [3.8, 4) is 0 Å². The zero-order valence-electron chi connectivity index (χ0n) is 12.8. The highest BCUT2D eigenvalue weighted by Gasteiger charge is 2.49. The molecule has 3 fully saturated rings.